The van der Waals surface area contributed by atoms with Gasteiger partial charge in [0.05, 0.1) is 12.7 Å². The average molecular weight is 266 g/mol. The zero-order valence-corrected chi connectivity index (χ0v) is 9.50. The molecule has 9 heteroatoms. The first kappa shape index (κ1) is 12.0. The van der Waals surface area contributed by atoms with Gasteiger partial charge in [0, 0.05) is 0 Å². The summed E-state index contributed by atoms with van der Waals surface area (Å²) in [5.41, 5.74) is -0.141. The van der Waals surface area contributed by atoms with Crippen LogP contribution in [-0.4, -0.2) is 54.3 Å². The molecule has 0 radical (unpaired) electrons. The smallest absolute Gasteiger partial charge is 0.278 e. The van der Waals surface area contributed by atoms with Crippen molar-refractivity contribution in [3.63, 3.8) is 0 Å². The lowest BCUT2D eigenvalue weighted by atomic mass is 10.1. The van der Waals surface area contributed by atoms with Crippen LogP contribution in [0.15, 0.2) is 17.4 Å². The van der Waals surface area contributed by atoms with Crippen LogP contribution >= 0.6 is 0 Å². The summed E-state index contributed by atoms with van der Waals surface area (Å²) < 4.78 is 6.54. The summed E-state index contributed by atoms with van der Waals surface area (Å²) in [6, 6.07) is 0. The van der Waals surface area contributed by atoms with Crippen molar-refractivity contribution in [1.29, 1.82) is 0 Å². The number of hydrogen-bond acceptors (Lipinski definition) is 7. The largest absolute Gasteiger partial charge is 0.387 e. The Bertz CT molecular complexity index is 680. The number of aliphatic hydroxyl groups excluding tert-OH is 2. The van der Waals surface area contributed by atoms with E-state index in [2.05, 4.69) is 15.0 Å². The van der Waals surface area contributed by atoms with E-state index in [4.69, 9.17) is 4.74 Å². The number of rotatable bonds is 2. The number of aldehydes is 1. The molecule has 3 rings (SSSR count). The summed E-state index contributed by atoms with van der Waals surface area (Å²) in [5.74, 6) is 0. The van der Waals surface area contributed by atoms with E-state index in [0.717, 1.165) is 0 Å². The predicted octanol–water partition coefficient (Wildman–Crippen LogP) is -2.06. The van der Waals surface area contributed by atoms with Gasteiger partial charge in [-0.05, 0) is 0 Å². The van der Waals surface area contributed by atoms with Crippen LogP contribution in [0.25, 0.3) is 11.2 Å². The number of H-pyrrole nitrogens is 1. The molecule has 0 aliphatic carbocycles. The van der Waals surface area contributed by atoms with Gasteiger partial charge in [-0.15, -0.1) is 0 Å². The molecule has 3 heterocycles. The van der Waals surface area contributed by atoms with Gasteiger partial charge in [-0.1, -0.05) is 0 Å². The molecular formula is C10H10N4O5. The molecule has 4 atom stereocenters. The third-order valence-corrected chi connectivity index (χ3v) is 3.05. The van der Waals surface area contributed by atoms with Crippen molar-refractivity contribution in [2.75, 3.05) is 0 Å². The zero-order chi connectivity index (χ0) is 13.6. The molecule has 2 aromatic rings. The van der Waals surface area contributed by atoms with Crippen molar-refractivity contribution >= 4 is 17.5 Å². The molecule has 1 aliphatic rings. The van der Waals surface area contributed by atoms with Crippen molar-refractivity contribution < 1.29 is 19.7 Å². The molecule has 0 spiro atoms. The number of aromatic amines is 1. The van der Waals surface area contributed by atoms with Crippen LogP contribution < -0.4 is 5.56 Å². The Morgan fingerprint density at radius 3 is 2.84 bits per heavy atom. The van der Waals surface area contributed by atoms with Gasteiger partial charge in [-0.3, -0.25) is 9.36 Å². The standard InChI is InChI=1S/C10H10N4O5/c15-1-4-6(16)7(17)10(19-4)14-3-13-5-8(14)11-2-12-9(5)18/h1-4,6-7,10,16-17H,(H,11,12,18)/t4-,6-,7-,10-/m1/s1. The van der Waals surface area contributed by atoms with Crippen LogP contribution in [-0.2, 0) is 9.53 Å². The Morgan fingerprint density at radius 1 is 1.37 bits per heavy atom. The average Bonchev–Trinajstić information content (AvgIpc) is 2.94. The molecule has 100 valence electrons. The second-order valence-corrected chi connectivity index (χ2v) is 4.16. The molecule has 2 aromatic heterocycles. The number of hydrogen-bond donors (Lipinski definition) is 3. The number of fused-ring (bicyclic) bond motifs is 1. The van der Waals surface area contributed by atoms with Crippen molar-refractivity contribution in [2.24, 2.45) is 0 Å². The Balaban J connectivity index is 2.08. The normalized spacial score (nSPS) is 30.8. The number of ether oxygens (including phenoxy) is 1. The van der Waals surface area contributed by atoms with E-state index in [1.54, 1.807) is 0 Å². The number of carbonyl (C=O) groups is 1. The molecule has 3 N–H and O–H groups in total. The third-order valence-electron chi connectivity index (χ3n) is 3.05. The van der Waals surface area contributed by atoms with E-state index in [1.165, 1.54) is 17.2 Å². The van der Waals surface area contributed by atoms with Crippen LogP contribution in [0.1, 0.15) is 6.23 Å². The van der Waals surface area contributed by atoms with Gasteiger partial charge in [0.2, 0.25) is 0 Å². The predicted molar refractivity (Wildman–Crippen MR) is 60.1 cm³/mol. The van der Waals surface area contributed by atoms with Crippen molar-refractivity contribution in [3.8, 4) is 0 Å². The lowest BCUT2D eigenvalue weighted by Crippen LogP contribution is -2.32. The Morgan fingerprint density at radius 2 is 2.16 bits per heavy atom. The summed E-state index contributed by atoms with van der Waals surface area (Å²) in [7, 11) is 0. The van der Waals surface area contributed by atoms with E-state index < -0.39 is 30.1 Å². The summed E-state index contributed by atoms with van der Waals surface area (Å²) >= 11 is 0. The fourth-order valence-electron chi connectivity index (χ4n) is 2.08. The highest BCUT2D eigenvalue weighted by Gasteiger charge is 2.44. The van der Waals surface area contributed by atoms with Gasteiger partial charge in [0.1, 0.15) is 18.3 Å². The lowest BCUT2D eigenvalue weighted by Gasteiger charge is -2.15. The van der Waals surface area contributed by atoms with Crippen LogP contribution in [0.5, 0.6) is 0 Å². The molecule has 1 fully saturated rings. The first-order valence-electron chi connectivity index (χ1n) is 5.50. The van der Waals surface area contributed by atoms with Gasteiger partial charge in [0.15, 0.2) is 23.7 Å². The summed E-state index contributed by atoms with van der Waals surface area (Å²) in [4.78, 5) is 32.4. The quantitative estimate of drug-likeness (QED) is 0.532. The Labute approximate surface area is 105 Å². The molecular weight excluding hydrogens is 256 g/mol. The molecule has 19 heavy (non-hydrogen) atoms. The van der Waals surface area contributed by atoms with E-state index in [0.29, 0.717) is 6.29 Å². The number of aliphatic hydroxyl groups is 2. The molecule has 0 saturated carbocycles. The van der Waals surface area contributed by atoms with Gasteiger partial charge in [-0.2, -0.15) is 0 Å². The van der Waals surface area contributed by atoms with Crippen molar-refractivity contribution in [2.45, 2.75) is 24.5 Å². The Hall–Kier alpha value is -2.10. The highest BCUT2D eigenvalue weighted by molar-refractivity contribution is 5.69. The second kappa shape index (κ2) is 4.23. The van der Waals surface area contributed by atoms with Crippen molar-refractivity contribution in [1.82, 2.24) is 19.5 Å². The second-order valence-electron chi connectivity index (χ2n) is 4.16. The van der Waals surface area contributed by atoms with Gasteiger partial charge in [-0.25, -0.2) is 9.97 Å². The maximum Gasteiger partial charge on any atom is 0.278 e. The number of nitrogens with one attached hydrogen (secondary N) is 1. The molecule has 9 nitrogen and oxygen atoms in total. The molecule has 0 aromatic carbocycles. The highest BCUT2D eigenvalue weighted by Crippen LogP contribution is 2.29. The monoisotopic (exact) mass is 266 g/mol. The van der Waals surface area contributed by atoms with Crippen LogP contribution in [0.4, 0.5) is 0 Å². The van der Waals surface area contributed by atoms with Crippen LogP contribution in [0, 0.1) is 0 Å². The minimum Gasteiger partial charge on any atom is -0.387 e. The summed E-state index contributed by atoms with van der Waals surface area (Å²) in [6.07, 6.45) is -1.93. The zero-order valence-electron chi connectivity index (χ0n) is 9.50. The van der Waals surface area contributed by atoms with Crippen LogP contribution in [0.2, 0.25) is 0 Å². The molecule has 1 aliphatic heterocycles. The molecule has 0 amide bonds. The van der Waals surface area contributed by atoms with Gasteiger partial charge in [0.25, 0.3) is 5.56 Å². The first-order valence-corrected chi connectivity index (χ1v) is 5.50. The van der Waals surface area contributed by atoms with E-state index >= 15 is 0 Å². The number of aromatic nitrogens is 4. The number of nitrogens with zero attached hydrogens (tertiary/aromatic N) is 3. The van der Waals surface area contributed by atoms with E-state index in [9.17, 15) is 19.8 Å². The van der Waals surface area contributed by atoms with Gasteiger partial charge < -0.3 is 24.7 Å². The summed E-state index contributed by atoms with van der Waals surface area (Å²) in [6.45, 7) is 0. The molecule has 0 bridgehead atoms. The third kappa shape index (κ3) is 1.67. The van der Waals surface area contributed by atoms with Gasteiger partial charge >= 0.3 is 0 Å². The SMILES string of the molecule is O=C[C@H]1O[C@@H](n2cnc3c(=O)[nH]cnc32)[C@H](O)[C@@H]1O. The van der Waals surface area contributed by atoms with Crippen LogP contribution in [0.3, 0.4) is 0 Å². The number of carbonyl (C=O) groups excluding carboxylic acids is 1. The minimum absolute atomic E-state index is 0.0855. The minimum atomic E-state index is -1.33. The topological polar surface area (TPSA) is 130 Å². The fraction of sp³-hybridized carbons (Fsp3) is 0.400. The van der Waals surface area contributed by atoms with Crippen molar-refractivity contribution in [3.05, 3.63) is 23.0 Å². The molecule has 1 saturated heterocycles. The molecule has 0 unspecified atom stereocenters. The van der Waals surface area contributed by atoms with E-state index in [-0.39, 0.29) is 11.2 Å². The number of imidazole rings is 1. The Kier molecular flexibility index (Phi) is 2.66. The first-order chi connectivity index (χ1) is 9.13. The lowest BCUT2D eigenvalue weighted by molar-refractivity contribution is -0.122. The summed E-state index contributed by atoms with van der Waals surface area (Å²) in [5, 5.41) is 19.5. The maximum absolute atomic E-state index is 11.5. The maximum atomic E-state index is 11.5. The highest BCUT2D eigenvalue weighted by atomic mass is 16.6. The van der Waals surface area contributed by atoms with E-state index in [1.807, 2.05) is 0 Å². The fourth-order valence-corrected chi connectivity index (χ4v) is 2.08.